The highest BCUT2D eigenvalue weighted by Gasteiger charge is 2.11. The van der Waals surface area contributed by atoms with Gasteiger partial charge in [0.1, 0.15) is 18.2 Å². The molecule has 4 nitrogen and oxygen atoms in total. The predicted octanol–water partition coefficient (Wildman–Crippen LogP) is 2.42. The van der Waals surface area contributed by atoms with Gasteiger partial charge < -0.3 is 10.1 Å². The largest absolute Gasteiger partial charge is 0.488 e. The lowest BCUT2D eigenvalue weighted by molar-refractivity contribution is 0.298. The van der Waals surface area contributed by atoms with Crippen molar-refractivity contribution in [3.8, 4) is 5.75 Å². The molecule has 0 radical (unpaired) electrons. The number of aromatic nitrogens is 2. The van der Waals surface area contributed by atoms with E-state index in [-0.39, 0.29) is 11.9 Å². The summed E-state index contributed by atoms with van der Waals surface area (Å²) >= 11 is 0. The molecule has 1 unspecified atom stereocenters. The molecule has 0 saturated heterocycles. The van der Waals surface area contributed by atoms with E-state index in [4.69, 9.17) is 4.74 Å². The molecule has 0 amide bonds. The van der Waals surface area contributed by atoms with Gasteiger partial charge in [0.05, 0.1) is 6.20 Å². The molecule has 0 aliphatic heterocycles. The maximum Gasteiger partial charge on any atom is 0.127 e. The van der Waals surface area contributed by atoms with E-state index in [0.29, 0.717) is 12.4 Å². The fourth-order valence-electron chi connectivity index (χ4n) is 1.85. The lowest BCUT2D eigenvalue weighted by Crippen LogP contribution is -2.14. The van der Waals surface area contributed by atoms with Gasteiger partial charge in [0, 0.05) is 36.5 Å². The zero-order chi connectivity index (χ0) is 13.8. The molecule has 0 saturated carbocycles. The van der Waals surface area contributed by atoms with Crippen molar-refractivity contribution in [1.29, 1.82) is 0 Å². The van der Waals surface area contributed by atoms with Crippen molar-refractivity contribution < 1.29 is 9.13 Å². The lowest BCUT2D eigenvalue weighted by atomic mass is 10.1. The molecule has 1 aromatic carbocycles. The topological polar surface area (TPSA) is 39.1 Å². The number of aryl methyl sites for hydroxylation is 1. The standard InChI is InChI=1S/C14H18FN3O/c1-10(16-2)13-5-4-12(15)6-14(13)19-9-11-7-17-18(3)8-11/h4-8,10,16H,9H2,1-3H3. The number of halogens is 1. The molecular weight excluding hydrogens is 245 g/mol. The Kier molecular flexibility index (Phi) is 4.16. The third-order valence-corrected chi connectivity index (χ3v) is 3.03. The van der Waals surface area contributed by atoms with Crippen molar-refractivity contribution in [3.05, 3.63) is 47.5 Å². The Morgan fingerprint density at radius 3 is 2.89 bits per heavy atom. The highest BCUT2D eigenvalue weighted by molar-refractivity contribution is 5.36. The van der Waals surface area contributed by atoms with Crippen LogP contribution in [0.25, 0.3) is 0 Å². The molecule has 2 rings (SSSR count). The van der Waals surface area contributed by atoms with Gasteiger partial charge >= 0.3 is 0 Å². The Hall–Kier alpha value is -1.88. The van der Waals surface area contributed by atoms with Gasteiger partial charge in [-0.05, 0) is 20.0 Å². The summed E-state index contributed by atoms with van der Waals surface area (Å²) in [6.07, 6.45) is 3.61. The monoisotopic (exact) mass is 263 g/mol. The Labute approximate surface area is 112 Å². The molecule has 102 valence electrons. The van der Waals surface area contributed by atoms with Crippen LogP contribution in [0.4, 0.5) is 4.39 Å². The van der Waals surface area contributed by atoms with Crippen LogP contribution in [-0.2, 0) is 13.7 Å². The van der Waals surface area contributed by atoms with Crippen LogP contribution in [0.15, 0.2) is 30.6 Å². The van der Waals surface area contributed by atoms with E-state index in [0.717, 1.165) is 11.1 Å². The molecule has 1 N–H and O–H groups in total. The van der Waals surface area contributed by atoms with E-state index in [2.05, 4.69) is 10.4 Å². The van der Waals surface area contributed by atoms with Gasteiger partial charge in [0.2, 0.25) is 0 Å². The molecule has 2 aromatic rings. The van der Waals surface area contributed by atoms with Crippen LogP contribution < -0.4 is 10.1 Å². The van der Waals surface area contributed by atoms with Crippen LogP contribution in [0, 0.1) is 5.82 Å². The highest BCUT2D eigenvalue weighted by Crippen LogP contribution is 2.26. The first-order valence-corrected chi connectivity index (χ1v) is 6.17. The fraction of sp³-hybridized carbons (Fsp3) is 0.357. The molecule has 1 atom stereocenters. The summed E-state index contributed by atoms with van der Waals surface area (Å²) in [7, 11) is 3.71. The summed E-state index contributed by atoms with van der Waals surface area (Å²) in [4.78, 5) is 0. The minimum atomic E-state index is -0.298. The third-order valence-electron chi connectivity index (χ3n) is 3.03. The third kappa shape index (κ3) is 3.32. The molecule has 0 bridgehead atoms. The summed E-state index contributed by atoms with van der Waals surface area (Å²) in [5.74, 6) is 0.263. The number of hydrogen-bond donors (Lipinski definition) is 1. The highest BCUT2D eigenvalue weighted by atomic mass is 19.1. The fourth-order valence-corrected chi connectivity index (χ4v) is 1.85. The number of hydrogen-bond acceptors (Lipinski definition) is 3. The second kappa shape index (κ2) is 5.84. The molecular formula is C14H18FN3O. The minimum absolute atomic E-state index is 0.101. The van der Waals surface area contributed by atoms with Crippen LogP contribution >= 0.6 is 0 Å². The zero-order valence-electron chi connectivity index (χ0n) is 11.4. The van der Waals surface area contributed by atoms with Gasteiger partial charge in [0.25, 0.3) is 0 Å². The van der Waals surface area contributed by atoms with Crippen LogP contribution in [0.1, 0.15) is 24.1 Å². The van der Waals surface area contributed by atoms with E-state index in [9.17, 15) is 4.39 Å². The Morgan fingerprint density at radius 1 is 1.47 bits per heavy atom. The molecule has 0 aliphatic carbocycles. The summed E-state index contributed by atoms with van der Waals surface area (Å²) in [5.41, 5.74) is 1.89. The van der Waals surface area contributed by atoms with Gasteiger partial charge in [-0.2, -0.15) is 5.10 Å². The first-order chi connectivity index (χ1) is 9.10. The van der Waals surface area contributed by atoms with Crippen molar-refractivity contribution in [3.63, 3.8) is 0 Å². The maximum atomic E-state index is 13.3. The number of ether oxygens (including phenoxy) is 1. The van der Waals surface area contributed by atoms with Crippen LogP contribution in [0.3, 0.4) is 0 Å². The summed E-state index contributed by atoms with van der Waals surface area (Å²) < 4.78 is 20.7. The van der Waals surface area contributed by atoms with Crippen molar-refractivity contribution in [2.75, 3.05) is 7.05 Å². The quantitative estimate of drug-likeness (QED) is 0.900. The van der Waals surface area contributed by atoms with Crippen LogP contribution in [0.5, 0.6) is 5.75 Å². The van der Waals surface area contributed by atoms with Crippen LogP contribution in [-0.4, -0.2) is 16.8 Å². The van der Waals surface area contributed by atoms with E-state index >= 15 is 0 Å². The van der Waals surface area contributed by atoms with Gasteiger partial charge in [0.15, 0.2) is 0 Å². The molecule has 0 aliphatic rings. The van der Waals surface area contributed by atoms with Gasteiger partial charge in [-0.25, -0.2) is 4.39 Å². The average molecular weight is 263 g/mol. The average Bonchev–Trinajstić information content (AvgIpc) is 2.81. The van der Waals surface area contributed by atoms with Crippen molar-refractivity contribution in [2.45, 2.75) is 19.6 Å². The number of nitrogens with one attached hydrogen (secondary N) is 1. The van der Waals surface area contributed by atoms with Crippen LogP contribution in [0.2, 0.25) is 0 Å². The zero-order valence-corrected chi connectivity index (χ0v) is 11.4. The predicted molar refractivity (Wildman–Crippen MR) is 71.4 cm³/mol. The number of rotatable bonds is 5. The smallest absolute Gasteiger partial charge is 0.127 e. The molecule has 1 heterocycles. The SMILES string of the molecule is CNC(C)c1ccc(F)cc1OCc1cnn(C)c1. The normalized spacial score (nSPS) is 12.4. The first-order valence-electron chi connectivity index (χ1n) is 6.17. The van der Waals surface area contributed by atoms with Crippen molar-refractivity contribution in [1.82, 2.24) is 15.1 Å². The van der Waals surface area contributed by atoms with Gasteiger partial charge in [-0.15, -0.1) is 0 Å². The van der Waals surface area contributed by atoms with E-state index in [1.165, 1.54) is 12.1 Å². The second-order valence-electron chi connectivity index (χ2n) is 4.50. The maximum absolute atomic E-state index is 13.3. The van der Waals surface area contributed by atoms with Crippen molar-refractivity contribution in [2.24, 2.45) is 7.05 Å². The molecule has 1 aromatic heterocycles. The van der Waals surface area contributed by atoms with Crippen molar-refractivity contribution >= 4 is 0 Å². The van der Waals surface area contributed by atoms with Gasteiger partial charge in [-0.1, -0.05) is 6.07 Å². The molecule has 0 spiro atoms. The summed E-state index contributed by atoms with van der Waals surface area (Å²) in [6.45, 7) is 2.38. The summed E-state index contributed by atoms with van der Waals surface area (Å²) in [5, 5.41) is 7.19. The van der Waals surface area contributed by atoms with E-state index in [1.807, 2.05) is 27.2 Å². The second-order valence-corrected chi connectivity index (χ2v) is 4.50. The summed E-state index contributed by atoms with van der Waals surface area (Å²) in [6, 6.07) is 4.71. The van der Waals surface area contributed by atoms with Gasteiger partial charge in [-0.3, -0.25) is 4.68 Å². The molecule has 19 heavy (non-hydrogen) atoms. The minimum Gasteiger partial charge on any atom is -0.488 e. The Morgan fingerprint density at radius 2 is 2.26 bits per heavy atom. The van der Waals surface area contributed by atoms with E-state index in [1.54, 1.807) is 16.9 Å². The first kappa shape index (κ1) is 13.5. The molecule has 0 fully saturated rings. The lowest BCUT2D eigenvalue weighted by Gasteiger charge is -2.16. The Bertz CT molecular complexity index is 553. The van der Waals surface area contributed by atoms with E-state index < -0.39 is 0 Å². The Balaban J connectivity index is 2.16. The number of nitrogens with zero attached hydrogens (tertiary/aromatic N) is 2. The number of benzene rings is 1. The molecule has 5 heteroatoms.